The van der Waals surface area contributed by atoms with E-state index in [-0.39, 0.29) is 5.54 Å². The van der Waals surface area contributed by atoms with Gasteiger partial charge in [-0.1, -0.05) is 33.1 Å². The molecule has 0 saturated carbocycles. The first-order valence-electron chi connectivity index (χ1n) is 8.32. The molecule has 0 spiro atoms. The quantitative estimate of drug-likeness (QED) is 0.809. The second-order valence-electron chi connectivity index (χ2n) is 7.81. The van der Waals surface area contributed by atoms with E-state index in [9.17, 15) is 0 Å². The molecule has 19 heavy (non-hydrogen) atoms. The second-order valence-corrected chi connectivity index (χ2v) is 7.81. The van der Waals surface area contributed by atoms with E-state index in [1.54, 1.807) is 0 Å². The average Bonchev–Trinajstić information content (AvgIpc) is 2.29. The second kappa shape index (κ2) is 7.64. The summed E-state index contributed by atoms with van der Waals surface area (Å²) in [6.45, 7) is 16.6. The molecule has 1 rings (SSSR count). The van der Waals surface area contributed by atoms with Crippen LogP contribution in [0, 0.1) is 5.41 Å². The van der Waals surface area contributed by atoms with Crippen LogP contribution in [0.25, 0.3) is 0 Å². The van der Waals surface area contributed by atoms with Gasteiger partial charge in [0, 0.05) is 18.6 Å². The molecule has 114 valence electrons. The largest absolute Gasteiger partial charge is 0.311 e. The Morgan fingerprint density at radius 2 is 1.42 bits per heavy atom. The van der Waals surface area contributed by atoms with Crippen LogP contribution in [-0.4, -0.2) is 36.6 Å². The highest BCUT2D eigenvalue weighted by atomic mass is 15.1. The lowest BCUT2D eigenvalue weighted by Crippen LogP contribution is -2.47. The fourth-order valence-corrected chi connectivity index (χ4v) is 2.78. The molecule has 0 aromatic rings. The van der Waals surface area contributed by atoms with Crippen molar-refractivity contribution in [3.05, 3.63) is 0 Å². The predicted molar refractivity (Wildman–Crippen MR) is 85.7 cm³/mol. The molecule has 1 unspecified atom stereocenters. The van der Waals surface area contributed by atoms with Crippen molar-refractivity contribution in [2.45, 2.75) is 78.7 Å². The topological polar surface area (TPSA) is 15.3 Å². The molecule has 2 nitrogen and oxygen atoms in total. The van der Waals surface area contributed by atoms with Crippen LogP contribution in [0.4, 0.5) is 0 Å². The molecule has 1 aliphatic heterocycles. The number of rotatable bonds is 5. The smallest absolute Gasteiger partial charge is 0.00967 e. The summed E-state index contributed by atoms with van der Waals surface area (Å²) < 4.78 is 0. The van der Waals surface area contributed by atoms with Gasteiger partial charge in [-0.15, -0.1) is 0 Å². The Kier molecular flexibility index (Phi) is 6.82. The Labute approximate surface area is 121 Å². The maximum absolute atomic E-state index is 3.70. The van der Waals surface area contributed by atoms with Gasteiger partial charge in [-0.25, -0.2) is 0 Å². The number of hydrogen-bond donors (Lipinski definition) is 1. The third-order valence-corrected chi connectivity index (χ3v) is 4.45. The molecule has 1 fully saturated rings. The Bertz CT molecular complexity index is 236. The summed E-state index contributed by atoms with van der Waals surface area (Å²) >= 11 is 0. The lowest BCUT2D eigenvalue weighted by Gasteiger charge is -2.38. The number of nitrogens with zero attached hydrogens (tertiary/aromatic N) is 1. The summed E-state index contributed by atoms with van der Waals surface area (Å²) in [5.41, 5.74) is 0.638. The molecule has 1 heterocycles. The van der Waals surface area contributed by atoms with E-state index in [4.69, 9.17) is 0 Å². The van der Waals surface area contributed by atoms with Crippen LogP contribution < -0.4 is 5.32 Å². The minimum absolute atomic E-state index is 0.229. The summed E-state index contributed by atoms with van der Waals surface area (Å²) in [6.07, 6.45) is 8.36. The van der Waals surface area contributed by atoms with Gasteiger partial charge < -0.3 is 10.2 Å². The van der Waals surface area contributed by atoms with Crippen molar-refractivity contribution in [3.8, 4) is 0 Å². The van der Waals surface area contributed by atoms with Gasteiger partial charge in [-0.05, 0) is 58.5 Å². The van der Waals surface area contributed by atoms with Gasteiger partial charge in [0.2, 0.25) is 0 Å². The minimum Gasteiger partial charge on any atom is -0.311 e. The third-order valence-electron chi connectivity index (χ3n) is 4.45. The van der Waals surface area contributed by atoms with Gasteiger partial charge in [0.05, 0.1) is 0 Å². The molecule has 0 bridgehead atoms. The summed E-state index contributed by atoms with van der Waals surface area (Å²) in [5.74, 6) is 0. The SMILES string of the molecule is CCC(C)(CNC(C)(C)C)CN1CCCCCCC1. The fourth-order valence-electron chi connectivity index (χ4n) is 2.78. The minimum atomic E-state index is 0.229. The van der Waals surface area contributed by atoms with Crippen LogP contribution in [0.2, 0.25) is 0 Å². The molecular formula is C17H36N2. The monoisotopic (exact) mass is 268 g/mol. The van der Waals surface area contributed by atoms with E-state index in [1.165, 1.54) is 58.2 Å². The molecule has 0 amide bonds. The van der Waals surface area contributed by atoms with Gasteiger partial charge in [0.25, 0.3) is 0 Å². The molecule has 0 aromatic carbocycles. The lowest BCUT2D eigenvalue weighted by atomic mass is 9.85. The fraction of sp³-hybridized carbons (Fsp3) is 1.00. The lowest BCUT2D eigenvalue weighted by molar-refractivity contribution is 0.137. The molecule has 0 aromatic heterocycles. The summed E-state index contributed by atoms with van der Waals surface area (Å²) in [4.78, 5) is 2.72. The normalized spacial score (nSPS) is 22.6. The zero-order valence-electron chi connectivity index (χ0n) is 14.0. The van der Waals surface area contributed by atoms with Crippen LogP contribution >= 0.6 is 0 Å². The van der Waals surface area contributed by atoms with Gasteiger partial charge >= 0.3 is 0 Å². The van der Waals surface area contributed by atoms with Gasteiger partial charge in [-0.3, -0.25) is 0 Å². The van der Waals surface area contributed by atoms with Crippen molar-refractivity contribution in [1.82, 2.24) is 10.2 Å². The highest BCUT2D eigenvalue weighted by Crippen LogP contribution is 2.24. The number of hydrogen-bond acceptors (Lipinski definition) is 2. The first-order valence-corrected chi connectivity index (χ1v) is 8.32. The average molecular weight is 268 g/mol. The highest BCUT2D eigenvalue weighted by Gasteiger charge is 2.27. The Balaban J connectivity index is 2.47. The van der Waals surface area contributed by atoms with E-state index >= 15 is 0 Å². The van der Waals surface area contributed by atoms with Crippen molar-refractivity contribution < 1.29 is 0 Å². The van der Waals surface area contributed by atoms with E-state index in [2.05, 4.69) is 44.8 Å². The zero-order chi connectivity index (χ0) is 14.4. The van der Waals surface area contributed by atoms with Crippen LogP contribution in [0.1, 0.15) is 73.1 Å². The standard InChI is InChI=1S/C17H36N2/c1-6-17(5,14-18-16(2,3)4)15-19-12-10-8-7-9-11-13-19/h18H,6-15H2,1-5H3. The molecule has 1 N–H and O–H groups in total. The number of likely N-dealkylation sites (tertiary alicyclic amines) is 1. The zero-order valence-corrected chi connectivity index (χ0v) is 14.0. The molecule has 1 atom stereocenters. The molecule has 2 heteroatoms. The van der Waals surface area contributed by atoms with Crippen molar-refractivity contribution in [2.75, 3.05) is 26.2 Å². The molecule has 1 saturated heterocycles. The summed E-state index contributed by atoms with van der Waals surface area (Å²) in [5, 5.41) is 3.70. The van der Waals surface area contributed by atoms with Crippen molar-refractivity contribution in [3.63, 3.8) is 0 Å². The highest BCUT2D eigenvalue weighted by molar-refractivity contribution is 4.83. The Morgan fingerprint density at radius 1 is 0.895 bits per heavy atom. The maximum atomic E-state index is 3.70. The molecule has 1 aliphatic rings. The van der Waals surface area contributed by atoms with E-state index in [1.807, 2.05) is 0 Å². The van der Waals surface area contributed by atoms with E-state index in [0.717, 1.165) is 6.54 Å². The Morgan fingerprint density at radius 3 is 1.89 bits per heavy atom. The van der Waals surface area contributed by atoms with Gasteiger partial charge in [0.1, 0.15) is 0 Å². The first-order chi connectivity index (χ1) is 8.85. The predicted octanol–water partition coefficient (Wildman–Crippen LogP) is 4.06. The third kappa shape index (κ3) is 7.31. The molecular weight excluding hydrogens is 232 g/mol. The summed E-state index contributed by atoms with van der Waals surface area (Å²) in [7, 11) is 0. The van der Waals surface area contributed by atoms with Crippen molar-refractivity contribution >= 4 is 0 Å². The molecule has 0 radical (unpaired) electrons. The van der Waals surface area contributed by atoms with Crippen LogP contribution in [0.5, 0.6) is 0 Å². The van der Waals surface area contributed by atoms with E-state index < -0.39 is 0 Å². The van der Waals surface area contributed by atoms with Crippen LogP contribution in [0.3, 0.4) is 0 Å². The number of nitrogens with one attached hydrogen (secondary N) is 1. The van der Waals surface area contributed by atoms with Crippen LogP contribution in [0.15, 0.2) is 0 Å². The molecule has 0 aliphatic carbocycles. The van der Waals surface area contributed by atoms with Gasteiger partial charge in [0.15, 0.2) is 0 Å². The van der Waals surface area contributed by atoms with Crippen LogP contribution in [-0.2, 0) is 0 Å². The van der Waals surface area contributed by atoms with Crippen molar-refractivity contribution in [1.29, 1.82) is 0 Å². The van der Waals surface area contributed by atoms with Gasteiger partial charge in [-0.2, -0.15) is 0 Å². The summed E-state index contributed by atoms with van der Waals surface area (Å²) in [6, 6.07) is 0. The van der Waals surface area contributed by atoms with Crippen molar-refractivity contribution in [2.24, 2.45) is 5.41 Å². The maximum Gasteiger partial charge on any atom is 0.00967 e. The Hall–Kier alpha value is -0.0800. The first kappa shape index (κ1) is 17.0. The van der Waals surface area contributed by atoms with E-state index in [0.29, 0.717) is 5.41 Å².